The first kappa shape index (κ1) is 11.1. The van der Waals surface area contributed by atoms with Gasteiger partial charge in [-0.2, -0.15) is 0 Å². The van der Waals surface area contributed by atoms with Gasteiger partial charge in [0.1, 0.15) is 5.82 Å². The Kier molecular flexibility index (Phi) is 2.93. The highest BCUT2D eigenvalue weighted by atomic mass is 19.1. The first-order valence-electron chi connectivity index (χ1n) is 6.23. The van der Waals surface area contributed by atoms with Gasteiger partial charge in [-0.3, -0.25) is 4.98 Å². The highest BCUT2D eigenvalue weighted by Crippen LogP contribution is 2.39. The number of allylic oxidation sites excluding steroid dienone is 2. The Morgan fingerprint density at radius 1 is 0.778 bits per heavy atom. The van der Waals surface area contributed by atoms with Crippen LogP contribution in [0.4, 0.5) is 4.39 Å². The monoisotopic (exact) mass is 239 g/mol. The number of benzene rings is 1. The Balaban J connectivity index is 2.06. The van der Waals surface area contributed by atoms with Gasteiger partial charge in [-0.1, -0.05) is 12.1 Å². The van der Waals surface area contributed by atoms with Crippen molar-refractivity contribution in [1.82, 2.24) is 4.98 Å². The van der Waals surface area contributed by atoms with E-state index in [0.29, 0.717) is 0 Å². The summed E-state index contributed by atoms with van der Waals surface area (Å²) in [6.07, 6.45) is 6.98. The molecule has 1 aromatic carbocycles. The molecule has 2 heteroatoms. The van der Waals surface area contributed by atoms with Crippen molar-refractivity contribution < 1.29 is 4.39 Å². The fourth-order valence-electron chi connectivity index (χ4n) is 2.59. The normalized spacial score (nSPS) is 15.2. The Hall–Kier alpha value is -1.96. The van der Waals surface area contributed by atoms with Crippen LogP contribution in [0.5, 0.6) is 0 Å². The minimum absolute atomic E-state index is 0.178. The van der Waals surface area contributed by atoms with Crippen molar-refractivity contribution in [2.75, 3.05) is 0 Å². The summed E-state index contributed by atoms with van der Waals surface area (Å²) in [7, 11) is 0. The second kappa shape index (κ2) is 4.73. The molecule has 1 nitrogen and oxygen atoms in total. The van der Waals surface area contributed by atoms with Crippen LogP contribution in [-0.2, 0) is 0 Å². The third kappa shape index (κ3) is 2.06. The maximum absolute atomic E-state index is 13.0. The Morgan fingerprint density at radius 3 is 1.94 bits per heavy atom. The number of nitrogens with zero attached hydrogens (tertiary/aromatic N) is 1. The molecule has 0 fully saturated rings. The molecule has 3 rings (SSSR count). The summed E-state index contributed by atoms with van der Waals surface area (Å²) >= 11 is 0. The van der Waals surface area contributed by atoms with Crippen LogP contribution < -0.4 is 0 Å². The van der Waals surface area contributed by atoms with E-state index in [4.69, 9.17) is 0 Å². The van der Waals surface area contributed by atoms with E-state index in [-0.39, 0.29) is 5.82 Å². The standard InChI is InChI=1S/C16H14FN/c17-14-6-4-12(5-7-14)15-2-1-3-16(15)13-8-10-18-11-9-13/h4-11H,1-3H2. The number of hydrogen-bond acceptors (Lipinski definition) is 1. The van der Waals surface area contributed by atoms with Crippen LogP contribution in [0.25, 0.3) is 11.1 Å². The summed E-state index contributed by atoms with van der Waals surface area (Å²) in [6.45, 7) is 0. The number of aromatic nitrogens is 1. The van der Waals surface area contributed by atoms with E-state index in [9.17, 15) is 4.39 Å². The zero-order valence-corrected chi connectivity index (χ0v) is 10.1. The topological polar surface area (TPSA) is 12.9 Å². The number of pyridine rings is 1. The predicted octanol–water partition coefficient (Wildman–Crippen LogP) is 4.32. The molecule has 90 valence electrons. The summed E-state index contributed by atoms with van der Waals surface area (Å²) in [5, 5.41) is 0. The number of hydrogen-bond donors (Lipinski definition) is 0. The van der Waals surface area contributed by atoms with Crippen molar-refractivity contribution in [3.05, 3.63) is 65.7 Å². The maximum Gasteiger partial charge on any atom is 0.123 e. The SMILES string of the molecule is Fc1ccc(C2=C(c3ccncc3)CCC2)cc1. The Morgan fingerprint density at radius 2 is 1.33 bits per heavy atom. The zero-order valence-electron chi connectivity index (χ0n) is 10.1. The highest BCUT2D eigenvalue weighted by molar-refractivity contribution is 5.92. The Bertz CT molecular complexity index is 570. The quantitative estimate of drug-likeness (QED) is 0.760. The summed E-state index contributed by atoms with van der Waals surface area (Å²) in [5.41, 5.74) is 5.10. The van der Waals surface area contributed by atoms with Crippen LogP contribution in [0, 0.1) is 5.82 Å². The van der Waals surface area contributed by atoms with Gasteiger partial charge < -0.3 is 0 Å². The molecule has 0 atom stereocenters. The van der Waals surface area contributed by atoms with Gasteiger partial charge in [0.05, 0.1) is 0 Å². The molecule has 0 saturated carbocycles. The molecule has 18 heavy (non-hydrogen) atoms. The fraction of sp³-hybridized carbons (Fsp3) is 0.188. The van der Waals surface area contributed by atoms with Crippen molar-refractivity contribution in [3.8, 4) is 0 Å². The molecule has 2 aromatic rings. The third-order valence-electron chi connectivity index (χ3n) is 3.44. The van der Waals surface area contributed by atoms with Gasteiger partial charge in [-0.15, -0.1) is 0 Å². The maximum atomic E-state index is 13.0. The zero-order chi connectivity index (χ0) is 12.4. The van der Waals surface area contributed by atoms with Gasteiger partial charge in [-0.05, 0) is 65.8 Å². The van der Waals surface area contributed by atoms with Crippen LogP contribution in [-0.4, -0.2) is 4.98 Å². The lowest BCUT2D eigenvalue weighted by atomic mass is 9.98. The van der Waals surface area contributed by atoms with Gasteiger partial charge in [0.25, 0.3) is 0 Å². The molecule has 1 aromatic heterocycles. The van der Waals surface area contributed by atoms with E-state index < -0.39 is 0 Å². The van der Waals surface area contributed by atoms with E-state index in [1.807, 2.05) is 36.7 Å². The molecular formula is C16H14FN. The first-order valence-corrected chi connectivity index (χ1v) is 6.23. The summed E-state index contributed by atoms with van der Waals surface area (Å²) in [5.74, 6) is -0.178. The fourth-order valence-corrected chi connectivity index (χ4v) is 2.59. The molecule has 0 unspecified atom stereocenters. The minimum atomic E-state index is -0.178. The van der Waals surface area contributed by atoms with E-state index in [1.165, 1.54) is 35.3 Å². The van der Waals surface area contributed by atoms with Gasteiger partial charge in [0, 0.05) is 12.4 Å². The predicted molar refractivity (Wildman–Crippen MR) is 71.3 cm³/mol. The van der Waals surface area contributed by atoms with Crippen molar-refractivity contribution in [2.45, 2.75) is 19.3 Å². The average molecular weight is 239 g/mol. The lowest BCUT2D eigenvalue weighted by Gasteiger charge is -2.08. The van der Waals surface area contributed by atoms with Gasteiger partial charge in [0.2, 0.25) is 0 Å². The van der Waals surface area contributed by atoms with Crippen LogP contribution in [0.3, 0.4) is 0 Å². The second-order valence-electron chi connectivity index (χ2n) is 4.55. The van der Waals surface area contributed by atoms with E-state index >= 15 is 0 Å². The van der Waals surface area contributed by atoms with E-state index in [1.54, 1.807) is 0 Å². The molecule has 1 aliphatic carbocycles. The molecule has 0 N–H and O–H groups in total. The molecule has 1 aliphatic rings. The van der Waals surface area contributed by atoms with Gasteiger partial charge in [-0.25, -0.2) is 4.39 Å². The van der Waals surface area contributed by atoms with Crippen molar-refractivity contribution in [3.63, 3.8) is 0 Å². The summed E-state index contributed by atoms with van der Waals surface area (Å²) in [4.78, 5) is 4.05. The highest BCUT2D eigenvalue weighted by Gasteiger charge is 2.17. The lowest BCUT2D eigenvalue weighted by Crippen LogP contribution is -1.87. The van der Waals surface area contributed by atoms with Crippen LogP contribution in [0.2, 0.25) is 0 Å². The lowest BCUT2D eigenvalue weighted by molar-refractivity contribution is 0.627. The van der Waals surface area contributed by atoms with Gasteiger partial charge >= 0.3 is 0 Å². The van der Waals surface area contributed by atoms with Gasteiger partial charge in [0.15, 0.2) is 0 Å². The summed E-state index contributed by atoms with van der Waals surface area (Å²) in [6, 6.07) is 10.9. The number of rotatable bonds is 2. The Labute approximate surface area is 106 Å². The molecule has 0 spiro atoms. The summed E-state index contributed by atoms with van der Waals surface area (Å²) < 4.78 is 13.0. The second-order valence-corrected chi connectivity index (χ2v) is 4.55. The van der Waals surface area contributed by atoms with E-state index in [0.717, 1.165) is 18.4 Å². The van der Waals surface area contributed by atoms with Crippen LogP contribution >= 0.6 is 0 Å². The minimum Gasteiger partial charge on any atom is -0.265 e. The molecule has 0 bridgehead atoms. The molecule has 0 saturated heterocycles. The first-order chi connectivity index (χ1) is 8.84. The van der Waals surface area contributed by atoms with Crippen molar-refractivity contribution >= 4 is 11.1 Å². The molecule has 0 radical (unpaired) electrons. The van der Waals surface area contributed by atoms with Crippen LogP contribution in [0.1, 0.15) is 30.4 Å². The van der Waals surface area contributed by atoms with Crippen molar-refractivity contribution in [2.24, 2.45) is 0 Å². The molecule has 1 heterocycles. The smallest absolute Gasteiger partial charge is 0.123 e. The molecule has 0 aliphatic heterocycles. The largest absolute Gasteiger partial charge is 0.265 e. The average Bonchev–Trinajstić information content (AvgIpc) is 2.90. The molecular weight excluding hydrogens is 225 g/mol. The van der Waals surface area contributed by atoms with Crippen molar-refractivity contribution in [1.29, 1.82) is 0 Å². The molecule has 0 amide bonds. The van der Waals surface area contributed by atoms with Crippen LogP contribution in [0.15, 0.2) is 48.8 Å². The van der Waals surface area contributed by atoms with E-state index in [2.05, 4.69) is 4.98 Å². The third-order valence-corrected chi connectivity index (χ3v) is 3.44. The number of halogens is 1.